The molecule has 0 saturated carbocycles. The molecule has 0 fully saturated rings. The van der Waals surface area contributed by atoms with Gasteiger partial charge in [0.25, 0.3) is 0 Å². The van der Waals surface area contributed by atoms with Crippen LogP contribution in [0.15, 0.2) is 60.7 Å². The monoisotopic (exact) mass is 462 g/mol. The molecule has 0 aliphatic heterocycles. The van der Waals surface area contributed by atoms with E-state index in [0.29, 0.717) is 0 Å². The molecule has 0 N–H and O–H groups in total. The van der Waals surface area contributed by atoms with Crippen molar-refractivity contribution in [2.75, 3.05) is 0 Å². The molecule has 2 aromatic rings. The van der Waals surface area contributed by atoms with E-state index in [1.165, 1.54) is 20.0 Å². The zero-order chi connectivity index (χ0) is 10.3. The Bertz CT molecular complexity index is 350. The molecule has 0 saturated heterocycles. The summed E-state index contributed by atoms with van der Waals surface area (Å²) in [6, 6.07) is 21.7. The Morgan fingerprint density at radius 2 is 0.941 bits per heavy atom. The Morgan fingerprint density at radius 3 is 1.29 bits per heavy atom. The van der Waals surface area contributed by atoms with Gasteiger partial charge in [-0.15, -0.1) is 34.0 Å². The maximum atomic E-state index is 2.24. The van der Waals surface area contributed by atoms with Crippen molar-refractivity contribution in [2.45, 2.75) is 8.87 Å². The van der Waals surface area contributed by atoms with Gasteiger partial charge in [-0.05, 0) is 0 Å². The normalized spacial score (nSPS) is 8.94. The van der Waals surface area contributed by atoms with Crippen LogP contribution in [0, 0.1) is 0 Å². The Morgan fingerprint density at radius 1 is 0.588 bits per heavy atom. The molecule has 90 valence electrons. The number of benzene rings is 2. The van der Waals surface area contributed by atoms with E-state index in [1.54, 1.807) is 0 Å². The first-order chi connectivity index (χ1) is 7.45. The Labute approximate surface area is 135 Å². The molecule has 0 unspecified atom stereocenters. The average Bonchev–Trinajstić information content (AvgIpc) is 2.32. The van der Waals surface area contributed by atoms with Crippen molar-refractivity contribution in [3.8, 4) is 0 Å². The van der Waals surface area contributed by atoms with E-state index in [2.05, 4.69) is 60.7 Å². The Hall–Kier alpha value is 0.199. The third kappa shape index (κ3) is 6.63. The van der Waals surface area contributed by atoms with Crippen LogP contribution in [0.4, 0.5) is 0 Å². The van der Waals surface area contributed by atoms with E-state index in [9.17, 15) is 0 Å². The van der Waals surface area contributed by atoms with E-state index in [-0.39, 0.29) is 55.1 Å². The molecule has 0 nitrogen and oxygen atoms in total. The molecule has 0 aliphatic rings. The van der Waals surface area contributed by atoms with Crippen LogP contribution in [0.1, 0.15) is 11.1 Å². The summed E-state index contributed by atoms with van der Waals surface area (Å²) in [5.74, 6) is 0. The van der Waals surface area contributed by atoms with Crippen LogP contribution in [0.25, 0.3) is 0 Å². The fourth-order valence-electron chi connectivity index (χ4n) is 1.54. The summed E-state index contributed by atoms with van der Waals surface area (Å²) in [4.78, 5) is 0. The predicted molar refractivity (Wildman–Crippen MR) is 86.7 cm³/mol. The SMILES string of the molecule is Br.Br.c1ccc([CH2][Sn][CH2]c2ccccc2)cc1. The molecule has 0 heterocycles. The van der Waals surface area contributed by atoms with Gasteiger partial charge >= 0.3 is 102 Å². The van der Waals surface area contributed by atoms with Crippen molar-refractivity contribution in [2.24, 2.45) is 0 Å². The quantitative estimate of drug-likeness (QED) is 0.596. The van der Waals surface area contributed by atoms with Gasteiger partial charge in [0.2, 0.25) is 0 Å². The first kappa shape index (κ1) is 17.2. The van der Waals surface area contributed by atoms with Gasteiger partial charge in [-0.25, -0.2) is 0 Å². The van der Waals surface area contributed by atoms with Gasteiger partial charge < -0.3 is 0 Å². The second-order valence-corrected chi connectivity index (χ2v) is 7.02. The predicted octanol–water partition coefficient (Wildman–Crippen LogP) is 4.25. The third-order valence-electron chi connectivity index (χ3n) is 2.34. The van der Waals surface area contributed by atoms with Crippen LogP contribution in [0.5, 0.6) is 0 Å². The van der Waals surface area contributed by atoms with Crippen molar-refractivity contribution in [3.05, 3.63) is 71.8 Å². The van der Waals surface area contributed by atoms with Crippen molar-refractivity contribution in [1.82, 2.24) is 0 Å². The summed E-state index contributed by atoms with van der Waals surface area (Å²) in [7, 11) is 0. The van der Waals surface area contributed by atoms with Crippen LogP contribution in [-0.2, 0) is 8.87 Å². The standard InChI is InChI=1S/2C7H7.2BrH.Sn/c2*1-7-5-3-2-4-6-7;;;/h2*2-6H,1H2;2*1H;. The molecule has 0 bridgehead atoms. The number of halogens is 2. The van der Waals surface area contributed by atoms with Crippen molar-refractivity contribution in [1.29, 1.82) is 0 Å². The van der Waals surface area contributed by atoms with E-state index < -0.39 is 0 Å². The molecule has 2 aromatic carbocycles. The molecule has 0 atom stereocenters. The third-order valence-corrected chi connectivity index (χ3v) is 6.10. The number of rotatable bonds is 4. The summed E-state index contributed by atoms with van der Waals surface area (Å²) in [5.41, 5.74) is 3.03. The number of hydrogen-bond acceptors (Lipinski definition) is 0. The van der Waals surface area contributed by atoms with Crippen LogP contribution in [-0.4, -0.2) is 21.1 Å². The van der Waals surface area contributed by atoms with Gasteiger partial charge in [0, 0.05) is 0 Å². The second-order valence-electron chi connectivity index (χ2n) is 3.57. The molecule has 2 radical (unpaired) electrons. The summed E-state index contributed by atoms with van der Waals surface area (Å²) < 4.78 is 2.69. The zero-order valence-corrected chi connectivity index (χ0v) is 15.8. The molecule has 0 aromatic heterocycles. The van der Waals surface area contributed by atoms with Gasteiger partial charge in [-0.3, -0.25) is 0 Å². The van der Waals surface area contributed by atoms with Gasteiger partial charge in [0.15, 0.2) is 0 Å². The van der Waals surface area contributed by atoms with E-state index in [1.807, 2.05) is 0 Å². The minimum atomic E-state index is -0.258. The van der Waals surface area contributed by atoms with Crippen LogP contribution in [0.2, 0.25) is 0 Å². The molecular formula is C14H16Br2Sn. The van der Waals surface area contributed by atoms with Gasteiger partial charge in [-0.2, -0.15) is 0 Å². The van der Waals surface area contributed by atoms with Gasteiger partial charge in [0.05, 0.1) is 0 Å². The molecule has 17 heavy (non-hydrogen) atoms. The first-order valence-electron chi connectivity index (χ1n) is 5.24. The van der Waals surface area contributed by atoms with Crippen molar-refractivity contribution in [3.63, 3.8) is 0 Å². The van der Waals surface area contributed by atoms with Gasteiger partial charge in [-0.1, -0.05) is 0 Å². The van der Waals surface area contributed by atoms with Crippen LogP contribution >= 0.6 is 34.0 Å². The molecule has 3 heteroatoms. The minimum absolute atomic E-state index is 0. The maximum absolute atomic E-state index is 2.24. The molecule has 0 aliphatic carbocycles. The van der Waals surface area contributed by atoms with Crippen molar-refractivity contribution < 1.29 is 0 Å². The van der Waals surface area contributed by atoms with E-state index in [4.69, 9.17) is 0 Å². The molecular weight excluding hydrogens is 447 g/mol. The van der Waals surface area contributed by atoms with Crippen LogP contribution in [0.3, 0.4) is 0 Å². The average molecular weight is 463 g/mol. The molecule has 0 spiro atoms. The van der Waals surface area contributed by atoms with Crippen molar-refractivity contribution >= 4 is 55.1 Å². The van der Waals surface area contributed by atoms with Crippen LogP contribution < -0.4 is 0 Å². The first-order valence-corrected chi connectivity index (χ1v) is 9.27. The van der Waals surface area contributed by atoms with E-state index >= 15 is 0 Å². The molecule has 0 amide bonds. The summed E-state index contributed by atoms with van der Waals surface area (Å²) in [6.07, 6.45) is 0. The second kappa shape index (κ2) is 10.2. The number of hydrogen-bond donors (Lipinski definition) is 0. The topological polar surface area (TPSA) is 0 Å². The Balaban J connectivity index is 0.00000128. The fourth-order valence-corrected chi connectivity index (χ4v) is 4.89. The van der Waals surface area contributed by atoms with Gasteiger partial charge in [0.1, 0.15) is 0 Å². The fraction of sp³-hybridized carbons (Fsp3) is 0.143. The van der Waals surface area contributed by atoms with E-state index in [0.717, 1.165) is 0 Å². The zero-order valence-electron chi connectivity index (χ0n) is 9.50. The summed E-state index contributed by atoms with van der Waals surface area (Å²) in [5, 5.41) is 0. The summed E-state index contributed by atoms with van der Waals surface area (Å²) in [6.45, 7) is 0. The Kier molecular flexibility index (Phi) is 10.3. The molecule has 2 rings (SSSR count). The summed E-state index contributed by atoms with van der Waals surface area (Å²) >= 11 is -0.258.